The van der Waals surface area contributed by atoms with Crippen molar-refractivity contribution < 1.29 is 28.9 Å². The maximum absolute atomic E-state index is 12.6. The van der Waals surface area contributed by atoms with Crippen molar-refractivity contribution in [1.29, 1.82) is 0 Å². The molecule has 2 unspecified atom stereocenters. The van der Waals surface area contributed by atoms with Gasteiger partial charge in [0.25, 0.3) is 0 Å². The van der Waals surface area contributed by atoms with Crippen molar-refractivity contribution in [2.75, 3.05) is 33.9 Å². The van der Waals surface area contributed by atoms with Gasteiger partial charge in [0.1, 0.15) is 0 Å². The van der Waals surface area contributed by atoms with Crippen molar-refractivity contribution in [3.8, 4) is 11.5 Å². The first-order valence-corrected chi connectivity index (χ1v) is 7.80. The summed E-state index contributed by atoms with van der Waals surface area (Å²) in [5.41, 5.74) is 0.955. The van der Waals surface area contributed by atoms with Gasteiger partial charge < -0.3 is 24.2 Å². The van der Waals surface area contributed by atoms with Gasteiger partial charge >= 0.3 is 5.97 Å². The maximum atomic E-state index is 12.6. The number of methoxy groups -OCH3 is 2. The first-order chi connectivity index (χ1) is 11.5. The number of carboxylic acid groups (broad SMARTS) is 1. The standard InChI is InChI=1S/C17H23NO6/c1-11(8-12-4-5-13(22-2)14(9-12)23-3)16(19)18-6-7-24-15(10-18)17(20)21/h4-5,9,11,15H,6-8,10H2,1-3H3,(H,20,21). The molecule has 1 aromatic carbocycles. The van der Waals surface area contributed by atoms with Gasteiger partial charge in [0, 0.05) is 12.5 Å². The number of nitrogens with zero attached hydrogens (tertiary/aromatic N) is 1. The fourth-order valence-electron chi connectivity index (χ4n) is 2.76. The second kappa shape index (κ2) is 8.01. The Hall–Kier alpha value is -2.28. The minimum Gasteiger partial charge on any atom is -0.493 e. The van der Waals surface area contributed by atoms with Gasteiger partial charge in [-0.3, -0.25) is 4.79 Å². The van der Waals surface area contributed by atoms with Gasteiger partial charge in [0.2, 0.25) is 5.91 Å². The lowest BCUT2D eigenvalue weighted by Crippen LogP contribution is -2.50. The summed E-state index contributed by atoms with van der Waals surface area (Å²) in [6.07, 6.45) is -0.412. The fraction of sp³-hybridized carbons (Fsp3) is 0.529. The highest BCUT2D eigenvalue weighted by Crippen LogP contribution is 2.28. The van der Waals surface area contributed by atoms with Crippen LogP contribution in [0.15, 0.2) is 18.2 Å². The van der Waals surface area contributed by atoms with Crippen LogP contribution in [0.25, 0.3) is 0 Å². The summed E-state index contributed by atoms with van der Waals surface area (Å²) in [5, 5.41) is 9.03. The number of morpholine rings is 1. The molecule has 0 aromatic heterocycles. The number of benzene rings is 1. The summed E-state index contributed by atoms with van der Waals surface area (Å²) in [4.78, 5) is 25.2. The molecular formula is C17H23NO6. The predicted molar refractivity (Wildman–Crippen MR) is 86.4 cm³/mol. The van der Waals surface area contributed by atoms with E-state index in [1.807, 2.05) is 19.1 Å². The number of hydrogen-bond acceptors (Lipinski definition) is 5. The van der Waals surface area contributed by atoms with Gasteiger partial charge in [-0.1, -0.05) is 13.0 Å². The Kier molecular flexibility index (Phi) is 6.03. The van der Waals surface area contributed by atoms with Crippen molar-refractivity contribution in [2.24, 2.45) is 5.92 Å². The molecule has 0 spiro atoms. The molecule has 1 amide bonds. The summed E-state index contributed by atoms with van der Waals surface area (Å²) >= 11 is 0. The summed E-state index contributed by atoms with van der Waals surface area (Å²) in [6, 6.07) is 5.55. The van der Waals surface area contributed by atoms with Crippen molar-refractivity contribution in [2.45, 2.75) is 19.4 Å². The quantitative estimate of drug-likeness (QED) is 0.839. The van der Waals surface area contributed by atoms with Crippen molar-refractivity contribution >= 4 is 11.9 Å². The number of aliphatic carboxylic acids is 1. The topological polar surface area (TPSA) is 85.3 Å². The van der Waals surface area contributed by atoms with Gasteiger partial charge in [0.05, 0.1) is 27.4 Å². The van der Waals surface area contributed by atoms with E-state index in [0.717, 1.165) is 5.56 Å². The van der Waals surface area contributed by atoms with Gasteiger partial charge in [-0.2, -0.15) is 0 Å². The number of rotatable bonds is 6. The van der Waals surface area contributed by atoms with E-state index in [1.54, 1.807) is 25.2 Å². The van der Waals surface area contributed by atoms with E-state index in [9.17, 15) is 9.59 Å². The van der Waals surface area contributed by atoms with E-state index < -0.39 is 12.1 Å². The number of hydrogen-bond donors (Lipinski definition) is 1. The second-order valence-corrected chi connectivity index (χ2v) is 5.78. The third-order valence-corrected chi connectivity index (χ3v) is 4.06. The number of amides is 1. The third-order valence-electron chi connectivity index (χ3n) is 4.06. The molecule has 0 saturated carbocycles. The van der Waals surface area contributed by atoms with Gasteiger partial charge in [-0.25, -0.2) is 4.79 Å². The Morgan fingerprint density at radius 2 is 2.04 bits per heavy atom. The monoisotopic (exact) mass is 337 g/mol. The van der Waals surface area contributed by atoms with E-state index in [2.05, 4.69) is 0 Å². The molecule has 2 rings (SSSR count). The van der Waals surface area contributed by atoms with Crippen LogP contribution in [0.2, 0.25) is 0 Å². The number of carbonyl (C=O) groups is 2. The molecule has 7 nitrogen and oxygen atoms in total. The number of carboxylic acids is 1. The predicted octanol–water partition coefficient (Wildman–Crippen LogP) is 1.19. The molecule has 1 aliphatic rings. The molecule has 0 bridgehead atoms. The van der Waals surface area contributed by atoms with E-state index in [-0.39, 0.29) is 25.0 Å². The van der Waals surface area contributed by atoms with Crippen molar-refractivity contribution in [1.82, 2.24) is 4.90 Å². The lowest BCUT2D eigenvalue weighted by molar-refractivity contribution is -0.160. The Balaban J connectivity index is 2.02. The highest BCUT2D eigenvalue weighted by atomic mass is 16.5. The van der Waals surface area contributed by atoms with Crippen LogP contribution in [0.3, 0.4) is 0 Å². The van der Waals surface area contributed by atoms with Crippen LogP contribution in [-0.4, -0.2) is 61.9 Å². The van der Waals surface area contributed by atoms with Gasteiger partial charge in [0.15, 0.2) is 17.6 Å². The average molecular weight is 337 g/mol. The average Bonchev–Trinajstić information content (AvgIpc) is 2.60. The molecule has 2 atom stereocenters. The summed E-state index contributed by atoms with van der Waals surface area (Å²) in [7, 11) is 3.14. The van der Waals surface area contributed by atoms with E-state index in [0.29, 0.717) is 24.5 Å². The van der Waals surface area contributed by atoms with Gasteiger partial charge in [-0.15, -0.1) is 0 Å². The Labute approximate surface area is 141 Å². The van der Waals surface area contributed by atoms with Crippen LogP contribution >= 0.6 is 0 Å². The number of ether oxygens (including phenoxy) is 3. The van der Waals surface area contributed by atoms with E-state index >= 15 is 0 Å². The SMILES string of the molecule is COc1ccc(CC(C)C(=O)N2CCOC(C(=O)O)C2)cc1OC. The van der Waals surface area contributed by atoms with Crippen LogP contribution < -0.4 is 9.47 Å². The second-order valence-electron chi connectivity index (χ2n) is 5.78. The summed E-state index contributed by atoms with van der Waals surface area (Å²) in [5.74, 6) is -0.125. The fourth-order valence-corrected chi connectivity index (χ4v) is 2.76. The van der Waals surface area contributed by atoms with Crippen LogP contribution in [0.4, 0.5) is 0 Å². The Morgan fingerprint density at radius 1 is 1.33 bits per heavy atom. The minimum absolute atomic E-state index is 0.0701. The highest BCUT2D eigenvalue weighted by molar-refractivity contribution is 5.80. The largest absolute Gasteiger partial charge is 0.493 e. The summed E-state index contributed by atoms with van der Waals surface area (Å²) in [6.45, 7) is 2.58. The molecule has 0 radical (unpaired) electrons. The van der Waals surface area contributed by atoms with E-state index in [4.69, 9.17) is 19.3 Å². The van der Waals surface area contributed by atoms with Crippen LogP contribution in [0, 0.1) is 5.92 Å². The lowest BCUT2D eigenvalue weighted by Gasteiger charge is -2.32. The molecule has 132 valence electrons. The molecule has 1 aromatic rings. The lowest BCUT2D eigenvalue weighted by atomic mass is 9.99. The molecule has 1 heterocycles. The molecular weight excluding hydrogens is 314 g/mol. The first-order valence-electron chi connectivity index (χ1n) is 7.80. The van der Waals surface area contributed by atoms with Crippen LogP contribution in [0.5, 0.6) is 11.5 Å². The summed E-state index contributed by atoms with van der Waals surface area (Å²) < 4.78 is 15.6. The Morgan fingerprint density at radius 3 is 2.67 bits per heavy atom. The first kappa shape index (κ1) is 18.1. The zero-order valence-electron chi connectivity index (χ0n) is 14.2. The van der Waals surface area contributed by atoms with Gasteiger partial charge in [-0.05, 0) is 24.1 Å². The minimum atomic E-state index is -1.04. The molecule has 1 fully saturated rings. The van der Waals surface area contributed by atoms with Crippen molar-refractivity contribution in [3.05, 3.63) is 23.8 Å². The molecule has 7 heteroatoms. The van der Waals surface area contributed by atoms with Crippen LogP contribution in [0.1, 0.15) is 12.5 Å². The smallest absolute Gasteiger partial charge is 0.334 e. The zero-order valence-corrected chi connectivity index (χ0v) is 14.2. The normalized spacial score (nSPS) is 18.8. The zero-order chi connectivity index (χ0) is 17.7. The highest BCUT2D eigenvalue weighted by Gasteiger charge is 2.31. The maximum Gasteiger partial charge on any atom is 0.334 e. The molecule has 1 saturated heterocycles. The Bertz CT molecular complexity index is 603. The number of carbonyl (C=O) groups excluding carboxylic acids is 1. The van der Waals surface area contributed by atoms with Crippen LogP contribution in [-0.2, 0) is 20.7 Å². The molecule has 1 aliphatic heterocycles. The molecule has 0 aliphatic carbocycles. The molecule has 1 N–H and O–H groups in total. The van der Waals surface area contributed by atoms with Crippen molar-refractivity contribution in [3.63, 3.8) is 0 Å². The molecule has 24 heavy (non-hydrogen) atoms. The third kappa shape index (κ3) is 4.17. The van der Waals surface area contributed by atoms with E-state index in [1.165, 1.54) is 0 Å².